The van der Waals surface area contributed by atoms with Gasteiger partial charge in [0.1, 0.15) is 0 Å². The lowest BCUT2D eigenvalue weighted by molar-refractivity contribution is 0.143. The summed E-state index contributed by atoms with van der Waals surface area (Å²) in [6.07, 6.45) is 6.94. The van der Waals surface area contributed by atoms with Gasteiger partial charge in [0.25, 0.3) is 0 Å². The Kier molecular flexibility index (Phi) is 5.50. The maximum absolute atomic E-state index is 4.85. The van der Waals surface area contributed by atoms with Crippen LogP contribution in [0.5, 0.6) is 0 Å². The van der Waals surface area contributed by atoms with E-state index < -0.39 is 0 Å². The molecule has 1 aliphatic carbocycles. The molecule has 0 N–H and O–H groups in total. The average molecular weight is 195 g/mol. The zero-order chi connectivity index (χ0) is 10.2. The van der Waals surface area contributed by atoms with Crippen molar-refractivity contribution in [2.75, 3.05) is 0 Å². The first-order chi connectivity index (χ1) is 6.86. The molecule has 0 saturated heterocycles. The van der Waals surface area contributed by atoms with Crippen molar-refractivity contribution in [2.45, 2.75) is 57.7 Å². The van der Waals surface area contributed by atoms with Gasteiger partial charge in [-0.1, -0.05) is 26.2 Å². The largest absolute Gasteiger partial charge is 0.353 e. The molecule has 0 aliphatic heterocycles. The predicted molar refractivity (Wildman–Crippen MR) is 57.3 cm³/mol. The number of ether oxygens (including phenoxy) is 1. The van der Waals surface area contributed by atoms with Gasteiger partial charge in [0.05, 0.1) is 19.2 Å². The summed E-state index contributed by atoms with van der Waals surface area (Å²) in [6.45, 7) is 2.00. The van der Waals surface area contributed by atoms with Crippen LogP contribution in [-0.4, -0.2) is 18.3 Å². The second-order valence-corrected chi connectivity index (χ2v) is 3.68. The lowest BCUT2D eigenvalue weighted by Gasteiger charge is -2.15. The van der Waals surface area contributed by atoms with Crippen LogP contribution in [-0.2, 0) is 4.74 Å². The zero-order valence-electron chi connectivity index (χ0n) is 8.91. The Hall–Kier alpha value is -0.660. The maximum Gasteiger partial charge on any atom is 0.158 e. The highest BCUT2D eigenvalue weighted by Crippen LogP contribution is 2.19. The van der Waals surface area contributed by atoms with Crippen LogP contribution in [0, 0.1) is 7.11 Å². The van der Waals surface area contributed by atoms with E-state index in [1.807, 2.05) is 6.92 Å². The van der Waals surface area contributed by atoms with Crippen LogP contribution >= 0.6 is 0 Å². The molecule has 79 valence electrons. The van der Waals surface area contributed by atoms with E-state index in [-0.39, 0.29) is 6.23 Å². The molecule has 0 aromatic carbocycles. The van der Waals surface area contributed by atoms with E-state index in [1.165, 1.54) is 32.1 Å². The molecule has 1 fully saturated rings. The molecule has 3 heteroatoms. The molecule has 0 heterocycles. The quantitative estimate of drug-likeness (QED) is 0.635. The Morgan fingerprint density at radius 1 is 1.43 bits per heavy atom. The molecular weight excluding hydrogens is 176 g/mol. The van der Waals surface area contributed by atoms with E-state index in [0.717, 1.165) is 6.42 Å². The van der Waals surface area contributed by atoms with Crippen molar-refractivity contribution in [3.63, 3.8) is 0 Å². The topological polar surface area (TPSA) is 34.0 Å². The number of hydrogen-bond acceptors (Lipinski definition) is 3. The first kappa shape index (κ1) is 11.4. The Balaban J connectivity index is 2.35. The minimum absolute atomic E-state index is 0.178. The van der Waals surface area contributed by atoms with Crippen LogP contribution in [0.2, 0.25) is 0 Å². The lowest BCUT2D eigenvalue weighted by atomic mass is 9.96. The summed E-state index contributed by atoms with van der Waals surface area (Å²) in [5.74, 6) is 0. The standard InChI is InChI=1S/C11H19N2O/c1-3-11(14-2)13-9-12-10-7-5-4-6-8-10/h10-11H,2-8H2,1H3. The van der Waals surface area contributed by atoms with Crippen molar-refractivity contribution >= 4 is 6.01 Å². The highest BCUT2D eigenvalue weighted by Gasteiger charge is 2.10. The summed E-state index contributed by atoms with van der Waals surface area (Å²) in [5.41, 5.74) is 0. The van der Waals surface area contributed by atoms with Crippen LogP contribution in [0.25, 0.3) is 0 Å². The van der Waals surface area contributed by atoms with Crippen molar-refractivity contribution in [2.24, 2.45) is 9.98 Å². The van der Waals surface area contributed by atoms with E-state index in [0.29, 0.717) is 6.04 Å². The van der Waals surface area contributed by atoms with Crippen molar-refractivity contribution in [1.82, 2.24) is 0 Å². The SMILES string of the molecule is [CH2]OC(CC)N=C=NC1CCCCC1. The van der Waals surface area contributed by atoms with E-state index >= 15 is 0 Å². The molecule has 1 rings (SSSR count). The number of rotatable bonds is 4. The monoisotopic (exact) mass is 195 g/mol. The first-order valence-corrected chi connectivity index (χ1v) is 5.42. The van der Waals surface area contributed by atoms with E-state index in [1.54, 1.807) is 0 Å². The molecule has 1 saturated carbocycles. The fourth-order valence-corrected chi connectivity index (χ4v) is 1.64. The summed E-state index contributed by atoms with van der Waals surface area (Å²) in [6, 6.07) is 3.18. The second-order valence-electron chi connectivity index (χ2n) is 3.68. The summed E-state index contributed by atoms with van der Waals surface area (Å²) in [4.78, 5) is 8.35. The highest BCUT2D eigenvalue weighted by molar-refractivity contribution is 5.41. The Labute approximate surface area is 86.3 Å². The van der Waals surface area contributed by atoms with Gasteiger partial charge in [-0.2, -0.15) is 4.99 Å². The van der Waals surface area contributed by atoms with Crippen LogP contribution in [0.4, 0.5) is 0 Å². The fraction of sp³-hybridized carbons (Fsp3) is 0.818. The average Bonchev–Trinajstić information content (AvgIpc) is 2.26. The molecule has 0 bridgehead atoms. The van der Waals surface area contributed by atoms with Gasteiger partial charge in [-0.05, 0) is 19.3 Å². The van der Waals surface area contributed by atoms with Gasteiger partial charge >= 0.3 is 0 Å². The van der Waals surface area contributed by atoms with Crippen molar-refractivity contribution in [3.8, 4) is 0 Å². The summed E-state index contributed by atoms with van der Waals surface area (Å²) >= 11 is 0. The van der Waals surface area contributed by atoms with Crippen molar-refractivity contribution in [1.29, 1.82) is 0 Å². The minimum atomic E-state index is -0.178. The van der Waals surface area contributed by atoms with E-state index in [4.69, 9.17) is 4.74 Å². The normalized spacial score (nSPS) is 19.9. The Bertz CT molecular complexity index is 199. The highest BCUT2D eigenvalue weighted by atomic mass is 16.5. The Morgan fingerprint density at radius 2 is 2.14 bits per heavy atom. The third kappa shape index (κ3) is 4.03. The molecule has 1 atom stereocenters. The van der Waals surface area contributed by atoms with Crippen LogP contribution in [0.15, 0.2) is 9.98 Å². The molecule has 0 spiro atoms. The molecule has 14 heavy (non-hydrogen) atoms. The Morgan fingerprint density at radius 3 is 2.71 bits per heavy atom. The van der Waals surface area contributed by atoms with Gasteiger partial charge in [-0.3, -0.25) is 0 Å². The third-order valence-electron chi connectivity index (χ3n) is 2.56. The molecular formula is C11H19N2O. The molecule has 0 aromatic rings. The third-order valence-corrected chi connectivity index (χ3v) is 2.56. The smallest absolute Gasteiger partial charge is 0.158 e. The van der Waals surface area contributed by atoms with Gasteiger partial charge in [-0.25, -0.2) is 4.99 Å². The van der Waals surface area contributed by atoms with E-state index in [9.17, 15) is 0 Å². The number of aliphatic imine (C=N–C) groups is 2. The summed E-state index contributed by atoms with van der Waals surface area (Å²) in [5, 5.41) is 0. The van der Waals surface area contributed by atoms with Crippen molar-refractivity contribution < 1.29 is 4.74 Å². The maximum atomic E-state index is 4.85. The molecule has 3 nitrogen and oxygen atoms in total. The van der Waals surface area contributed by atoms with Gasteiger partial charge in [0.2, 0.25) is 0 Å². The summed E-state index contributed by atoms with van der Waals surface area (Å²) in [7, 11) is 3.35. The molecule has 1 radical (unpaired) electrons. The molecule has 1 unspecified atom stereocenters. The van der Waals surface area contributed by atoms with E-state index in [2.05, 4.69) is 23.1 Å². The molecule has 0 amide bonds. The summed E-state index contributed by atoms with van der Waals surface area (Å²) < 4.78 is 4.85. The molecule has 0 aromatic heterocycles. The molecule has 1 aliphatic rings. The fourth-order valence-electron chi connectivity index (χ4n) is 1.64. The predicted octanol–water partition coefficient (Wildman–Crippen LogP) is 3.04. The van der Waals surface area contributed by atoms with Crippen LogP contribution in [0.1, 0.15) is 45.4 Å². The van der Waals surface area contributed by atoms with Gasteiger partial charge in [-0.15, -0.1) is 0 Å². The van der Waals surface area contributed by atoms with Crippen LogP contribution in [0.3, 0.4) is 0 Å². The number of nitrogens with zero attached hydrogens (tertiary/aromatic N) is 2. The van der Waals surface area contributed by atoms with Crippen molar-refractivity contribution in [3.05, 3.63) is 7.11 Å². The second kappa shape index (κ2) is 6.74. The van der Waals surface area contributed by atoms with Gasteiger partial charge in [0, 0.05) is 0 Å². The van der Waals surface area contributed by atoms with Crippen LogP contribution < -0.4 is 0 Å². The first-order valence-electron chi connectivity index (χ1n) is 5.42. The minimum Gasteiger partial charge on any atom is -0.353 e. The van der Waals surface area contributed by atoms with Gasteiger partial charge in [0.15, 0.2) is 6.23 Å². The number of hydrogen-bond donors (Lipinski definition) is 0. The zero-order valence-corrected chi connectivity index (χ0v) is 8.91. The lowest BCUT2D eigenvalue weighted by Crippen LogP contribution is -2.09. The van der Waals surface area contributed by atoms with Gasteiger partial charge < -0.3 is 4.74 Å².